The average Bonchev–Trinajstić information content (AvgIpc) is 3.66. The highest BCUT2D eigenvalue weighted by Crippen LogP contribution is 2.42. The molecule has 3 amide bonds. The molecule has 3 aliphatic rings. The van der Waals surface area contributed by atoms with E-state index in [2.05, 4.69) is 20.8 Å². The van der Waals surface area contributed by atoms with Crippen LogP contribution in [-0.4, -0.2) is 126 Å². The molecule has 51 heavy (non-hydrogen) atoms. The van der Waals surface area contributed by atoms with Crippen molar-refractivity contribution in [3.05, 3.63) is 44.0 Å². The predicted molar refractivity (Wildman–Crippen MR) is 187 cm³/mol. The number of carboxylic acid groups (broad SMARTS) is 2. The van der Waals surface area contributed by atoms with Crippen LogP contribution in [-0.2, 0) is 24.0 Å². The molecule has 0 spiro atoms. The van der Waals surface area contributed by atoms with Gasteiger partial charge in [0.2, 0.25) is 5.60 Å². The number of phenolic OH excluding ortho intramolecular Hbond substituents is 2. The maximum absolute atomic E-state index is 13.5. The fourth-order valence-corrected chi connectivity index (χ4v) is 8.48. The lowest BCUT2D eigenvalue weighted by Gasteiger charge is -2.50. The second kappa shape index (κ2) is 14.7. The van der Waals surface area contributed by atoms with Crippen LogP contribution in [0.5, 0.6) is 11.5 Å². The van der Waals surface area contributed by atoms with Crippen molar-refractivity contribution in [3.63, 3.8) is 0 Å². The third kappa shape index (κ3) is 7.67. The fourth-order valence-electron chi connectivity index (χ4n) is 5.97. The monoisotopic (exact) mass is 786 g/mol. The Labute approximate surface area is 308 Å². The lowest BCUT2D eigenvalue weighted by molar-refractivity contribution is -0.911. The number of anilines is 1. The lowest BCUT2D eigenvalue weighted by Crippen LogP contribution is -2.71. The van der Waals surface area contributed by atoms with Crippen molar-refractivity contribution in [2.45, 2.75) is 43.7 Å². The molecule has 0 aliphatic carbocycles. The van der Waals surface area contributed by atoms with Gasteiger partial charge in [0.1, 0.15) is 33.7 Å². The molecule has 1 aromatic heterocycles. The molecule has 5 rings (SSSR count). The summed E-state index contributed by atoms with van der Waals surface area (Å²) >= 11 is 14.4. The summed E-state index contributed by atoms with van der Waals surface area (Å²) in [5, 5.41) is 47.2. The van der Waals surface area contributed by atoms with E-state index in [1.807, 2.05) is 0 Å². The van der Waals surface area contributed by atoms with Crippen molar-refractivity contribution in [2.24, 2.45) is 5.16 Å². The van der Waals surface area contributed by atoms with Gasteiger partial charge < -0.3 is 46.1 Å². The van der Waals surface area contributed by atoms with Crippen LogP contribution in [0.2, 0.25) is 9.36 Å². The van der Waals surface area contributed by atoms with E-state index in [1.165, 1.54) is 31.7 Å². The van der Waals surface area contributed by atoms with Gasteiger partial charge >= 0.3 is 11.9 Å². The number of thioether (sulfide) groups is 1. The van der Waals surface area contributed by atoms with Crippen molar-refractivity contribution in [2.75, 3.05) is 44.2 Å². The van der Waals surface area contributed by atoms with E-state index in [9.17, 15) is 44.4 Å². The number of amides is 3. The number of nitrogen functional groups attached to an aromatic ring is 1. The molecule has 1 aromatic carbocycles. The zero-order valence-corrected chi connectivity index (χ0v) is 30.3. The number of benzene rings is 1. The number of nitrogens with one attached hydrogen (secondary N) is 2. The molecular weight excluding hydrogens is 753 g/mol. The number of halogens is 2. The van der Waals surface area contributed by atoms with Crippen LogP contribution in [0.1, 0.15) is 42.7 Å². The first-order valence-corrected chi connectivity index (χ1v) is 18.0. The van der Waals surface area contributed by atoms with Crippen LogP contribution in [0.15, 0.2) is 28.6 Å². The highest BCUT2D eigenvalue weighted by Gasteiger charge is 2.55. The fraction of sp³-hybridized carbons (Fsp3) is 0.433. The minimum absolute atomic E-state index is 0.00617. The number of quaternary nitrogens is 1. The Morgan fingerprint density at radius 3 is 2.47 bits per heavy atom. The summed E-state index contributed by atoms with van der Waals surface area (Å²) in [5.41, 5.74) is 3.51. The number of nitrogens with two attached hydrogens (primary N) is 1. The number of aromatic hydroxyl groups is 2. The highest BCUT2D eigenvalue weighted by molar-refractivity contribution is 8.00. The molecule has 21 heteroatoms. The van der Waals surface area contributed by atoms with Crippen LogP contribution < -0.4 is 16.4 Å². The van der Waals surface area contributed by atoms with Gasteiger partial charge in [0, 0.05) is 24.2 Å². The summed E-state index contributed by atoms with van der Waals surface area (Å²) in [7, 11) is 0. The van der Waals surface area contributed by atoms with Crippen LogP contribution in [0.3, 0.4) is 0 Å². The number of aromatic nitrogens is 1. The molecule has 3 aliphatic heterocycles. The number of nitrogens with zero attached hydrogens (tertiary/aromatic N) is 4. The van der Waals surface area contributed by atoms with Gasteiger partial charge in [0.25, 0.3) is 17.7 Å². The maximum Gasteiger partial charge on any atom is 0.352 e. The van der Waals surface area contributed by atoms with Gasteiger partial charge in [-0.2, -0.15) is 0 Å². The Morgan fingerprint density at radius 2 is 1.86 bits per heavy atom. The highest BCUT2D eigenvalue weighted by atomic mass is 35.5. The van der Waals surface area contributed by atoms with E-state index in [-0.39, 0.29) is 43.7 Å². The van der Waals surface area contributed by atoms with Crippen molar-refractivity contribution in [1.29, 1.82) is 0 Å². The van der Waals surface area contributed by atoms with Crippen LogP contribution in [0, 0.1) is 0 Å². The molecule has 2 saturated heterocycles. The third-order valence-electron chi connectivity index (χ3n) is 8.71. The molecule has 4 heterocycles. The number of oxime groups is 1. The molecule has 0 unspecified atom stereocenters. The number of carbonyl (C=O) groups is 5. The number of rotatable bonds is 13. The first-order chi connectivity index (χ1) is 24.0. The number of carbonyl (C=O) groups excluding carboxylic acids is 3. The molecular formula is C30H34Cl2N7O10S2+. The second-order valence-electron chi connectivity index (χ2n) is 12.6. The first-order valence-electron chi connectivity index (χ1n) is 15.4. The second-order valence-corrected chi connectivity index (χ2v) is 15.7. The third-order valence-corrected chi connectivity index (χ3v) is 11.5. The van der Waals surface area contributed by atoms with Gasteiger partial charge in [-0.3, -0.25) is 19.3 Å². The first kappa shape index (κ1) is 37.9. The number of carboxylic acids is 2. The number of aliphatic carboxylic acids is 2. The Hall–Kier alpha value is -4.30. The Kier molecular flexibility index (Phi) is 11.0. The summed E-state index contributed by atoms with van der Waals surface area (Å²) in [6.45, 7) is 4.78. The molecule has 2 fully saturated rings. The number of hydrogen-bond acceptors (Lipinski definition) is 13. The number of thiazole rings is 1. The van der Waals surface area contributed by atoms with Crippen LogP contribution in [0.4, 0.5) is 5.13 Å². The number of likely N-dealkylation sites (tertiary alicyclic amines) is 1. The lowest BCUT2D eigenvalue weighted by atomic mass is 10.0. The average molecular weight is 788 g/mol. The van der Waals surface area contributed by atoms with E-state index < -0.39 is 63.9 Å². The summed E-state index contributed by atoms with van der Waals surface area (Å²) in [6.07, 6.45) is 1.75. The van der Waals surface area contributed by atoms with E-state index in [0.29, 0.717) is 36.2 Å². The number of phenols is 2. The van der Waals surface area contributed by atoms with Crippen LogP contribution >= 0.6 is 46.3 Å². The van der Waals surface area contributed by atoms with Crippen molar-refractivity contribution < 1.29 is 53.7 Å². The molecule has 0 bridgehead atoms. The summed E-state index contributed by atoms with van der Waals surface area (Å²) < 4.78 is 0.424. The molecule has 2 atom stereocenters. The number of fused-ring (bicyclic) bond motifs is 1. The Balaban J connectivity index is 1.31. The predicted octanol–water partition coefficient (Wildman–Crippen LogP) is 1.81. The number of hydrogen-bond donors (Lipinski definition) is 7. The molecule has 17 nitrogen and oxygen atoms in total. The standard InChI is InChI=1S/C30H33Cl2N7O10S2/c1-30(2,28(47)48)49-37-18(17-22(32)51-29(33)36-17)24(43)35-19-25(44)38-20(27(45)46)13(12-50-26(19)38)11-39(8-3-4-9-39)10-7-34-23(42)14-5-6-15(40)21(41)16(14)31/h5-6,19,26H,3-4,7-12H2,1-2H3,(H7-,33,34,35,36,37,40,41,42,43,45,46,47,48)/p+1/t19-,26-/m1/s1. The smallest absolute Gasteiger partial charge is 0.352 e. The minimum atomic E-state index is -1.84. The van der Waals surface area contributed by atoms with Gasteiger partial charge in [0.15, 0.2) is 22.3 Å². The number of β-lactam (4-membered cyclic amide) rings is 1. The largest absolute Gasteiger partial charge is 0.504 e. The van der Waals surface area contributed by atoms with E-state index >= 15 is 0 Å². The molecule has 2 aromatic rings. The SMILES string of the molecule is CC(C)(O/N=C(\C(=O)N[C@@H]1C(=O)N2C(C(=O)O)=C(C[N+]3(CCNC(=O)c4ccc(O)c(O)c4Cl)CCCC3)CS[C@H]12)c1nc(N)sc1Cl)C(=O)O. The molecule has 0 radical (unpaired) electrons. The zero-order valence-electron chi connectivity index (χ0n) is 27.1. The van der Waals surface area contributed by atoms with Gasteiger partial charge in [-0.1, -0.05) is 39.7 Å². The topological polar surface area (TPSA) is 254 Å². The maximum atomic E-state index is 13.5. The molecule has 8 N–H and O–H groups in total. The minimum Gasteiger partial charge on any atom is -0.504 e. The van der Waals surface area contributed by atoms with Gasteiger partial charge in [-0.25, -0.2) is 14.6 Å². The van der Waals surface area contributed by atoms with Crippen molar-refractivity contribution in [1.82, 2.24) is 20.5 Å². The van der Waals surface area contributed by atoms with E-state index in [4.69, 9.17) is 33.8 Å². The molecule has 0 saturated carbocycles. The van der Waals surface area contributed by atoms with Crippen molar-refractivity contribution in [3.8, 4) is 11.5 Å². The van der Waals surface area contributed by atoms with E-state index in [0.717, 1.165) is 35.1 Å². The van der Waals surface area contributed by atoms with Gasteiger partial charge in [0.05, 0.1) is 36.8 Å². The zero-order chi connectivity index (χ0) is 37.4. The summed E-state index contributed by atoms with van der Waals surface area (Å²) in [6, 6.07) is 1.28. The quantitative estimate of drug-likeness (QED) is 0.0504. The Morgan fingerprint density at radius 1 is 1.18 bits per heavy atom. The molecule has 274 valence electrons. The normalized spacial score (nSPS) is 20.0. The summed E-state index contributed by atoms with van der Waals surface area (Å²) in [5.74, 6) is -5.71. The van der Waals surface area contributed by atoms with Gasteiger partial charge in [-0.15, -0.1) is 11.8 Å². The van der Waals surface area contributed by atoms with Gasteiger partial charge in [-0.05, 0) is 26.0 Å². The Bertz CT molecular complexity index is 1860. The van der Waals surface area contributed by atoms with Crippen molar-refractivity contribution >= 4 is 86.8 Å². The summed E-state index contributed by atoms with van der Waals surface area (Å²) in [4.78, 5) is 74.2. The van der Waals surface area contributed by atoms with Crippen LogP contribution in [0.25, 0.3) is 0 Å². The van der Waals surface area contributed by atoms with E-state index in [1.54, 1.807) is 0 Å².